The van der Waals surface area contributed by atoms with Crippen LogP contribution in [0.4, 0.5) is 5.69 Å². The van der Waals surface area contributed by atoms with Gasteiger partial charge in [-0.1, -0.05) is 36.9 Å². The van der Waals surface area contributed by atoms with Crippen LogP contribution in [-0.4, -0.2) is 34.4 Å². The average Bonchev–Trinajstić information content (AvgIpc) is 3.08. The molecule has 2 aliphatic heterocycles. The number of aromatic nitrogens is 2. The molecule has 1 aliphatic carbocycles. The number of hydrogen-bond donors (Lipinski definition) is 1. The normalized spacial score (nSPS) is 20.0. The average molecular weight is 450 g/mol. The molecule has 2 aromatic carbocycles. The molecule has 0 amide bonds. The van der Waals surface area contributed by atoms with Gasteiger partial charge in [-0.3, -0.25) is 9.36 Å². The molecule has 2 fully saturated rings. The summed E-state index contributed by atoms with van der Waals surface area (Å²) >= 11 is 6.44. The lowest BCUT2D eigenvalue weighted by Crippen LogP contribution is -2.35. The van der Waals surface area contributed by atoms with Crippen LogP contribution in [0.3, 0.4) is 0 Å². The van der Waals surface area contributed by atoms with Gasteiger partial charge in [0.2, 0.25) is 0 Å². The van der Waals surface area contributed by atoms with E-state index in [0.29, 0.717) is 16.3 Å². The lowest BCUT2D eigenvalue weighted by molar-refractivity contribution is 0.203. The van der Waals surface area contributed by atoms with Gasteiger partial charge in [0.15, 0.2) is 0 Å². The lowest BCUT2D eigenvalue weighted by Gasteiger charge is -2.36. The molecular formula is C26H28ClN3O2. The zero-order valence-electron chi connectivity index (χ0n) is 18.2. The van der Waals surface area contributed by atoms with E-state index in [-0.39, 0.29) is 17.6 Å². The van der Waals surface area contributed by atoms with Gasteiger partial charge < -0.3 is 10.0 Å². The van der Waals surface area contributed by atoms with Crippen molar-refractivity contribution in [3.8, 4) is 5.69 Å². The molecule has 32 heavy (non-hydrogen) atoms. The Morgan fingerprint density at radius 1 is 1.09 bits per heavy atom. The van der Waals surface area contributed by atoms with Crippen molar-refractivity contribution in [2.75, 3.05) is 24.6 Å². The largest absolute Gasteiger partial charge is 0.396 e. The number of hydrogen-bond acceptors (Lipinski definition) is 4. The monoisotopic (exact) mass is 449 g/mol. The first-order chi connectivity index (χ1) is 15.6. The summed E-state index contributed by atoms with van der Waals surface area (Å²) in [6, 6.07) is 12.5. The summed E-state index contributed by atoms with van der Waals surface area (Å²) in [7, 11) is 0. The van der Waals surface area contributed by atoms with Gasteiger partial charge in [0.25, 0.3) is 5.56 Å². The second-order valence-corrected chi connectivity index (χ2v) is 10.1. The van der Waals surface area contributed by atoms with Gasteiger partial charge in [0, 0.05) is 25.4 Å². The number of nitrogens with zero attached hydrogens (tertiary/aromatic N) is 3. The standard InChI is InChI=1S/C26H28ClN3O2/c27-20-5-4-6-22-23(20)24(32)28-25-26(11-2-1-3-12-26)19-15-18(7-8-21(19)30(22)25)29-13-9-17(16-31)10-14-29/h4-8,15,17,31H,1-3,9-14,16H2. The van der Waals surface area contributed by atoms with Crippen molar-refractivity contribution in [1.82, 2.24) is 9.55 Å². The van der Waals surface area contributed by atoms with Crippen LogP contribution in [0, 0.1) is 5.92 Å². The molecule has 1 aromatic heterocycles. The van der Waals surface area contributed by atoms with E-state index in [9.17, 15) is 9.90 Å². The molecule has 0 atom stereocenters. The Labute approximate surface area is 192 Å². The van der Waals surface area contributed by atoms with E-state index < -0.39 is 0 Å². The second kappa shape index (κ2) is 7.60. The minimum atomic E-state index is -0.221. The Bertz CT molecular complexity index is 1250. The summed E-state index contributed by atoms with van der Waals surface area (Å²) in [5.74, 6) is 1.31. The lowest BCUT2D eigenvalue weighted by atomic mass is 9.69. The number of fused-ring (bicyclic) bond motifs is 7. The number of piperidine rings is 1. The Morgan fingerprint density at radius 2 is 1.88 bits per heavy atom. The highest BCUT2D eigenvalue weighted by Gasteiger charge is 2.46. The van der Waals surface area contributed by atoms with Crippen LogP contribution >= 0.6 is 11.6 Å². The van der Waals surface area contributed by atoms with E-state index in [4.69, 9.17) is 11.6 Å². The first kappa shape index (κ1) is 20.3. The molecule has 0 radical (unpaired) electrons. The molecule has 1 saturated heterocycles. The summed E-state index contributed by atoms with van der Waals surface area (Å²) in [5, 5.41) is 10.5. The van der Waals surface area contributed by atoms with Gasteiger partial charge in [-0.25, -0.2) is 0 Å². The fraction of sp³-hybridized carbons (Fsp3) is 0.462. The predicted molar refractivity (Wildman–Crippen MR) is 128 cm³/mol. The van der Waals surface area contributed by atoms with E-state index in [0.717, 1.165) is 68.6 Å². The van der Waals surface area contributed by atoms with E-state index in [1.807, 2.05) is 12.1 Å². The molecule has 6 rings (SSSR count). The SMILES string of the molecule is O=c1nc2n(c3cccc(Cl)c13)-c1ccc(N3CCC(CO)CC3)cc1C21CCCCC1. The van der Waals surface area contributed by atoms with Crippen LogP contribution in [0.5, 0.6) is 0 Å². The quantitative estimate of drug-likeness (QED) is 0.609. The van der Waals surface area contributed by atoms with Crippen molar-refractivity contribution in [2.45, 2.75) is 50.4 Å². The topological polar surface area (TPSA) is 58.4 Å². The third kappa shape index (κ3) is 2.87. The van der Waals surface area contributed by atoms with Crippen molar-refractivity contribution in [3.05, 3.63) is 63.2 Å². The molecule has 3 aromatic rings. The zero-order valence-corrected chi connectivity index (χ0v) is 18.9. The third-order valence-electron chi connectivity index (χ3n) is 7.98. The van der Waals surface area contributed by atoms with Gasteiger partial charge in [-0.05, 0) is 67.5 Å². The highest BCUT2D eigenvalue weighted by molar-refractivity contribution is 6.35. The highest BCUT2D eigenvalue weighted by Crippen LogP contribution is 2.52. The number of rotatable bonds is 2. The first-order valence-electron chi connectivity index (χ1n) is 11.8. The van der Waals surface area contributed by atoms with Crippen molar-refractivity contribution in [3.63, 3.8) is 0 Å². The summed E-state index contributed by atoms with van der Waals surface area (Å²) in [4.78, 5) is 20.2. The molecule has 0 bridgehead atoms. The van der Waals surface area contributed by atoms with Crippen LogP contribution in [-0.2, 0) is 5.41 Å². The maximum atomic E-state index is 13.1. The number of benzene rings is 2. The number of aliphatic hydroxyl groups excluding tert-OH is 1. The number of aliphatic hydroxyl groups is 1. The Morgan fingerprint density at radius 3 is 2.62 bits per heavy atom. The Kier molecular flexibility index (Phi) is 4.81. The molecule has 1 N–H and O–H groups in total. The smallest absolute Gasteiger partial charge is 0.282 e. The minimum absolute atomic E-state index is 0.206. The van der Waals surface area contributed by atoms with E-state index >= 15 is 0 Å². The Balaban J connectivity index is 1.55. The molecule has 0 unspecified atom stereocenters. The number of anilines is 1. The van der Waals surface area contributed by atoms with Crippen LogP contribution in [0.1, 0.15) is 56.3 Å². The summed E-state index contributed by atoms with van der Waals surface area (Å²) < 4.78 is 2.20. The first-order valence-corrected chi connectivity index (χ1v) is 12.2. The molecule has 3 aliphatic rings. The predicted octanol–water partition coefficient (Wildman–Crippen LogP) is 4.81. The molecule has 3 heterocycles. The van der Waals surface area contributed by atoms with Crippen LogP contribution in [0.15, 0.2) is 41.2 Å². The zero-order chi connectivity index (χ0) is 21.9. The molecule has 166 valence electrons. The second-order valence-electron chi connectivity index (χ2n) is 9.67. The fourth-order valence-corrected chi connectivity index (χ4v) is 6.48. The van der Waals surface area contributed by atoms with Crippen molar-refractivity contribution in [1.29, 1.82) is 0 Å². The van der Waals surface area contributed by atoms with Gasteiger partial charge in [-0.2, -0.15) is 4.98 Å². The maximum Gasteiger partial charge on any atom is 0.282 e. The molecule has 1 spiro atoms. The number of halogens is 1. The van der Waals surface area contributed by atoms with Gasteiger partial charge in [0.1, 0.15) is 5.82 Å². The van der Waals surface area contributed by atoms with Gasteiger partial charge in [0.05, 0.1) is 27.0 Å². The van der Waals surface area contributed by atoms with E-state index in [1.54, 1.807) is 6.07 Å². The van der Waals surface area contributed by atoms with Crippen molar-refractivity contribution < 1.29 is 5.11 Å². The van der Waals surface area contributed by atoms with Gasteiger partial charge in [-0.15, -0.1) is 0 Å². The highest BCUT2D eigenvalue weighted by atomic mass is 35.5. The van der Waals surface area contributed by atoms with Crippen molar-refractivity contribution >= 4 is 28.2 Å². The molecular weight excluding hydrogens is 422 g/mol. The maximum absolute atomic E-state index is 13.1. The Hall–Kier alpha value is -2.37. The summed E-state index contributed by atoms with van der Waals surface area (Å²) in [6.07, 6.45) is 7.62. The van der Waals surface area contributed by atoms with Crippen molar-refractivity contribution in [2.24, 2.45) is 5.92 Å². The van der Waals surface area contributed by atoms with Gasteiger partial charge >= 0.3 is 0 Å². The van der Waals surface area contributed by atoms with Crippen LogP contribution in [0.25, 0.3) is 16.6 Å². The fourth-order valence-electron chi connectivity index (χ4n) is 6.23. The third-order valence-corrected chi connectivity index (χ3v) is 8.29. The van der Waals surface area contributed by atoms with E-state index in [2.05, 4.69) is 32.7 Å². The molecule has 6 heteroatoms. The summed E-state index contributed by atoms with van der Waals surface area (Å²) in [5.41, 5.74) is 4.11. The molecule has 1 saturated carbocycles. The summed E-state index contributed by atoms with van der Waals surface area (Å²) in [6.45, 7) is 2.23. The molecule has 5 nitrogen and oxygen atoms in total. The van der Waals surface area contributed by atoms with Crippen LogP contribution < -0.4 is 10.5 Å². The van der Waals surface area contributed by atoms with E-state index in [1.165, 1.54) is 17.7 Å². The minimum Gasteiger partial charge on any atom is -0.396 e. The van der Waals surface area contributed by atoms with Crippen LogP contribution in [0.2, 0.25) is 5.02 Å².